The number of carbonyl (C=O) groups excluding carboxylic acids is 1. The molecule has 2 rings (SSSR count). The highest BCUT2D eigenvalue weighted by atomic mass is 35.5. The number of hydrogen-bond acceptors (Lipinski definition) is 2. The number of nitrogens with one attached hydrogen (secondary N) is 1. The van der Waals surface area contributed by atoms with Crippen LogP contribution < -0.4 is 10.1 Å². The van der Waals surface area contributed by atoms with Crippen LogP contribution in [-0.4, -0.2) is 12.0 Å². The molecule has 0 aromatic heterocycles. The summed E-state index contributed by atoms with van der Waals surface area (Å²) in [6, 6.07) is 12.4. The van der Waals surface area contributed by atoms with Gasteiger partial charge in [-0.25, -0.2) is 0 Å². The number of benzene rings is 2. The molecule has 0 spiro atoms. The summed E-state index contributed by atoms with van der Waals surface area (Å²) in [4.78, 5) is 12.1. The Morgan fingerprint density at radius 3 is 2.43 bits per heavy atom. The maximum absolute atomic E-state index is 12.1. The summed E-state index contributed by atoms with van der Waals surface area (Å²) in [5.41, 5.74) is 1.61. The first-order valence-electron chi connectivity index (χ1n) is 6.44. The van der Waals surface area contributed by atoms with Crippen LogP contribution in [0.25, 0.3) is 0 Å². The van der Waals surface area contributed by atoms with Gasteiger partial charge in [-0.05, 0) is 49.7 Å². The predicted molar refractivity (Wildman–Crippen MR) is 86.4 cm³/mol. The fourth-order valence-electron chi connectivity index (χ4n) is 1.82. The lowest BCUT2D eigenvalue weighted by molar-refractivity contribution is -0.122. The monoisotopic (exact) mass is 323 g/mol. The predicted octanol–water partition coefficient (Wildman–Crippen LogP) is 4.71. The van der Waals surface area contributed by atoms with Gasteiger partial charge < -0.3 is 10.1 Å². The quantitative estimate of drug-likeness (QED) is 0.885. The highest BCUT2D eigenvalue weighted by molar-refractivity contribution is 6.35. The maximum Gasteiger partial charge on any atom is 0.265 e. The standard InChI is InChI=1S/C16H15Cl2NO2/c1-10-4-3-5-15(6-10)21-11(2)16(20)19-14-8-12(17)7-13(18)9-14/h3-9,11H,1-2H3,(H,19,20)/t11-/m0/s1. The molecule has 0 aliphatic rings. The third-order valence-corrected chi connectivity index (χ3v) is 3.24. The molecule has 0 aliphatic heterocycles. The molecule has 1 N–H and O–H groups in total. The van der Waals surface area contributed by atoms with Crippen molar-refractivity contribution in [3.8, 4) is 5.75 Å². The lowest BCUT2D eigenvalue weighted by atomic mass is 10.2. The average Bonchev–Trinajstić information content (AvgIpc) is 2.37. The van der Waals surface area contributed by atoms with E-state index in [4.69, 9.17) is 27.9 Å². The van der Waals surface area contributed by atoms with E-state index in [0.717, 1.165) is 5.56 Å². The number of rotatable bonds is 4. The summed E-state index contributed by atoms with van der Waals surface area (Å²) < 4.78 is 5.61. The molecule has 0 unspecified atom stereocenters. The highest BCUT2D eigenvalue weighted by Gasteiger charge is 2.15. The van der Waals surface area contributed by atoms with Crippen LogP contribution in [0, 0.1) is 6.92 Å². The lowest BCUT2D eigenvalue weighted by Crippen LogP contribution is -2.30. The second-order valence-corrected chi connectivity index (χ2v) is 5.60. The molecule has 21 heavy (non-hydrogen) atoms. The molecule has 5 heteroatoms. The summed E-state index contributed by atoms with van der Waals surface area (Å²) >= 11 is 11.8. The van der Waals surface area contributed by atoms with Crippen molar-refractivity contribution in [2.75, 3.05) is 5.32 Å². The summed E-state index contributed by atoms with van der Waals surface area (Å²) in [7, 11) is 0. The molecule has 2 aromatic carbocycles. The molecular formula is C16H15Cl2NO2. The molecule has 0 fully saturated rings. The van der Waals surface area contributed by atoms with Crippen LogP contribution in [0.3, 0.4) is 0 Å². The first-order chi connectivity index (χ1) is 9.94. The maximum atomic E-state index is 12.1. The van der Waals surface area contributed by atoms with Gasteiger partial charge in [-0.15, -0.1) is 0 Å². The van der Waals surface area contributed by atoms with Crippen molar-refractivity contribution in [3.63, 3.8) is 0 Å². The Hall–Kier alpha value is -1.71. The topological polar surface area (TPSA) is 38.3 Å². The molecule has 2 aromatic rings. The summed E-state index contributed by atoms with van der Waals surface area (Å²) in [6.45, 7) is 3.65. The second kappa shape index (κ2) is 6.83. The van der Waals surface area contributed by atoms with E-state index in [1.807, 2.05) is 31.2 Å². The van der Waals surface area contributed by atoms with Crippen molar-refractivity contribution < 1.29 is 9.53 Å². The van der Waals surface area contributed by atoms with Crippen LogP contribution in [-0.2, 0) is 4.79 Å². The zero-order chi connectivity index (χ0) is 15.4. The van der Waals surface area contributed by atoms with E-state index >= 15 is 0 Å². The smallest absolute Gasteiger partial charge is 0.265 e. The molecule has 3 nitrogen and oxygen atoms in total. The third-order valence-electron chi connectivity index (χ3n) is 2.80. The highest BCUT2D eigenvalue weighted by Crippen LogP contribution is 2.23. The average molecular weight is 324 g/mol. The van der Waals surface area contributed by atoms with Crippen LogP contribution >= 0.6 is 23.2 Å². The number of carbonyl (C=O) groups is 1. The number of anilines is 1. The molecule has 1 amide bonds. The first-order valence-corrected chi connectivity index (χ1v) is 7.20. The van der Waals surface area contributed by atoms with Gasteiger partial charge in [0.2, 0.25) is 0 Å². The molecule has 110 valence electrons. The molecule has 0 aliphatic carbocycles. The van der Waals surface area contributed by atoms with E-state index in [2.05, 4.69) is 5.32 Å². The zero-order valence-electron chi connectivity index (χ0n) is 11.7. The Balaban J connectivity index is 2.02. The van der Waals surface area contributed by atoms with Gasteiger partial charge >= 0.3 is 0 Å². The lowest BCUT2D eigenvalue weighted by Gasteiger charge is -2.15. The molecule has 0 heterocycles. The summed E-state index contributed by atoms with van der Waals surface area (Å²) in [6.07, 6.45) is -0.635. The van der Waals surface area contributed by atoms with Crippen LogP contribution in [0.5, 0.6) is 5.75 Å². The molecule has 1 atom stereocenters. The number of amides is 1. The summed E-state index contributed by atoms with van der Waals surface area (Å²) in [5.74, 6) is 0.386. The SMILES string of the molecule is Cc1cccc(O[C@@H](C)C(=O)Nc2cc(Cl)cc(Cl)c2)c1. The first kappa shape index (κ1) is 15.7. The van der Waals surface area contributed by atoms with E-state index in [0.29, 0.717) is 21.5 Å². The van der Waals surface area contributed by atoms with Crippen LogP contribution in [0.1, 0.15) is 12.5 Å². The van der Waals surface area contributed by atoms with E-state index < -0.39 is 6.10 Å². The Bertz CT molecular complexity index is 638. The van der Waals surface area contributed by atoms with Gasteiger partial charge in [0.25, 0.3) is 5.91 Å². The van der Waals surface area contributed by atoms with E-state index in [9.17, 15) is 4.79 Å². The molecule has 0 saturated carbocycles. The van der Waals surface area contributed by atoms with Gasteiger partial charge in [0.05, 0.1) is 0 Å². The van der Waals surface area contributed by atoms with Crippen molar-refractivity contribution in [1.82, 2.24) is 0 Å². The van der Waals surface area contributed by atoms with Crippen molar-refractivity contribution in [2.24, 2.45) is 0 Å². The summed E-state index contributed by atoms with van der Waals surface area (Å²) in [5, 5.41) is 3.65. The van der Waals surface area contributed by atoms with Gasteiger partial charge in [0.1, 0.15) is 5.75 Å². The number of halogens is 2. The van der Waals surface area contributed by atoms with Crippen molar-refractivity contribution in [1.29, 1.82) is 0 Å². The minimum atomic E-state index is -0.635. The molecule has 0 radical (unpaired) electrons. The van der Waals surface area contributed by atoms with Crippen molar-refractivity contribution in [3.05, 3.63) is 58.1 Å². The minimum Gasteiger partial charge on any atom is -0.481 e. The van der Waals surface area contributed by atoms with Gasteiger partial charge in [-0.1, -0.05) is 35.3 Å². The fraction of sp³-hybridized carbons (Fsp3) is 0.188. The van der Waals surface area contributed by atoms with E-state index in [1.165, 1.54) is 0 Å². The number of aryl methyl sites for hydroxylation is 1. The third kappa shape index (κ3) is 4.66. The van der Waals surface area contributed by atoms with Gasteiger partial charge in [0, 0.05) is 15.7 Å². The van der Waals surface area contributed by atoms with Crippen LogP contribution in [0.2, 0.25) is 10.0 Å². The minimum absolute atomic E-state index is 0.269. The Morgan fingerprint density at radius 2 is 1.81 bits per heavy atom. The van der Waals surface area contributed by atoms with Gasteiger partial charge in [-0.3, -0.25) is 4.79 Å². The number of ether oxygens (including phenoxy) is 1. The van der Waals surface area contributed by atoms with Crippen molar-refractivity contribution in [2.45, 2.75) is 20.0 Å². The largest absolute Gasteiger partial charge is 0.481 e. The normalized spacial score (nSPS) is 11.8. The van der Waals surface area contributed by atoms with Crippen LogP contribution in [0.15, 0.2) is 42.5 Å². The Morgan fingerprint density at radius 1 is 1.14 bits per heavy atom. The van der Waals surface area contributed by atoms with E-state index in [-0.39, 0.29) is 5.91 Å². The van der Waals surface area contributed by atoms with Crippen LogP contribution in [0.4, 0.5) is 5.69 Å². The van der Waals surface area contributed by atoms with Crippen molar-refractivity contribution >= 4 is 34.8 Å². The zero-order valence-corrected chi connectivity index (χ0v) is 13.2. The Kier molecular flexibility index (Phi) is 5.10. The Labute approximate surface area is 133 Å². The van der Waals surface area contributed by atoms with Gasteiger partial charge in [0.15, 0.2) is 6.10 Å². The fourth-order valence-corrected chi connectivity index (χ4v) is 2.34. The second-order valence-electron chi connectivity index (χ2n) is 4.72. The molecule has 0 bridgehead atoms. The van der Waals surface area contributed by atoms with Gasteiger partial charge in [-0.2, -0.15) is 0 Å². The number of hydrogen-bond donors (Lipinski definition) is 1. The van der Waals surface area contributed by atoms with E-state index in [1.54, 1.807) is 25.1 Å². The molecule has 0 saturated heterocycles. The molecular weight excluding hydrogens is 309 g/mol.